The van der Waals surface area contributed by atoms with Crippen molar-refractivity contribution < 1.29 is 14.3 Å². The van der Waals surface area contributed by atoms with E-state index in [0.717, 1.165) is 0 Å². The van der Waals surface area contributed by atoms with E-state index in [4.69, 9.17) is 9.47 Å². The van der Waals surface area contributed by atoms with Crippen LogP contribution in [0.2, 0.25) is 0 Å². The number of carbonyl (C=O) groups excluding carboxylic acids is 1. The van der Waals surface area contributed by atoms with Gasteiger partial charge in [0.1, 0.15) is 5.60 Å². The van der Waals surface area contributed by atoms with Crippen LogP contribution in [0.15, 0.2) is 0 Å². The van der Waals surface area contributed by atoms with E-state index in [2.05, 4.69) is 0 Å². The largest absolute Gasteiger partial charge is 0.347 e. The first-order valence-corrected chi connectivity index (χ1v) is 3.92. The number of hydrogen-bond acceptors (Lipinski definition) is 3. The van der Waals surface area contributed by atoms with Crippen molar-refractivity contribution >= 4 is 5.78 Å². The predicted octanol–water partition coefficient (Wildman–Crippen LogP) is 0.871. The van der Waals surface area contributed by atoms with Crippen molar-refractivity contribution in [2.75, 3.05) is 6.61 Å². The molecule has 11 heavy (non-hydrogen) atoms. The van der Waals surface area contributed by atoms with E-state index in [1.54, 1.807) is 6.92 Å². The third-order valence-corrected chi connectivity index (χ3v) is 2.49. The lowest BCUT2D eigenvalue weighted by Crippen LogP contribution is -2.44. The Morgan fingerprint density at radius 1 is 1.45 bits per heavy atom. The molecule has 0 amide bonds. The summed E-state index contributed by atoms with van der Waals surface area (Å²) in [5.41, 5.74) is -0.646. The number of ether oxygens (including phenoxy) is 2. The Labute approximate surface area is 65.7 Å². The Bertz CT molecular complexity index is 213. The minimum atomic E-state index is -0.646. The monoisotopic (exact) mass is 156 g/mol. The van der Waals surface area contributed by atoms with Gasteiger partial charge in [0.15, 0.2) is 11.6 Å². The van der Waals surface area contributed by atoms with Gasteiger partial charge >= 0.3 is 0 Å². The van der Waals surface area contributed by atoms with Crippen LogP contribution in [-0.2, 0) is 14.3 Å². The van der Waals surface area contributed by atoms with Crippen LogP contribution < -0.4 is 0 Å². The van der Waals surface area contributed by atoms with E-state index in [9.17, 15) is 4.79 Å². The molecule has 2 heterocycles. The van der Waals surface area contributed by atoms with Crippen LogP contribution in [0.4, 0.5) is 0 Å². The Hall–Kier alpha value is -0.410. The van der Waals surface area contributed by atoms with Crippen LogP contribution in [0.3, 0.4) is 0 Å². The standard InChI is InChI=1S/C8H12O3/c1-7-5-10-8(2,11-7)4-3-6(7)9/h3-5H2,1-2H3/t7-,8-/m1/s1. The molecule has 0 aliphatic carbocycles. The fourth-order valence-corrected chi connectivity index (χ4v) is 1.69. The van der Waals surface area contributed by atoms with Gasteiger partial charge in [0.2, 0.25) is 0 Å². The fraction of sp³-hybridized carbons (Fsp3) is 0.875. The number of hydrogen-bond donors (Lipinski definition) is 0. The lowest BCUT2D eigenvalue weighted by atomic mass is 9.94. The van der Waals surface area contributed by atoms with Crippen LogP contribution in [0.1, 0.15) is 26.7 Å². The van der Waals surface area contributed by atoms with Crippen molar-refractivity contribution in [2.45, 2.75) is 38.1 Å². The predicted molar refractivity (Wildman–Crippen MR) is 38.1 cm³/mol. The second-order valence-corrected chi connectivity index (χ2v) is 3.68. The van der Waals surface area contributed by atoms with Gasteiger partial charge in [-0.2, -0.15) is 0 Å². The zero-order chi connectivity index (χ0) is 8.11. The minimum Gasteiger partial charge on any atom is -0.347 e. The molecule has 2 fully saturated rings. The van der Waals surface area contributed by atoms with E-state index in [1.165, 1.54) is 0 Å². The van der Waals surface area contributed by atoms with E-state index < -0.39 is 11.4 Å². The van der Waals surface area contributed by atoms with Gasteiger partial charge in [0, 0.05) is 12.8 Å². The first-order valence-electron chi connectivity index (χ1n) is 3.92. The highest BCUT2D eigenvalue weighted by atomic mass is 16.8. The van der Waals surface area contributed by atoms with Crippen LogP contribution in [-0.4, -0.2) is 23.8 Å². The van der Waals surface area contributed by atoms with Gasteiger partial charge in [-0.3, -0.25) is 4.79 Å². The summed E-state index contributed by atoms with van der Waals surface area (Å²) in [5, 5.41) is 0. The van der Waals surface area contributed by atoms with Gasteiger partial charge < -0.3 is 9.47 Å². The van der Waals surface area contributed by atoms with Gasteiger partial charge in [-0.1, -0.05) is 0 Å². The first kappa shape index (κ1) is 7.25. The van der Waals surface area contributed by atoms with Gasteiger partial charge in [0.05, 0.1) is 6.61 Å². The molecular formula is C8H12O3. The van der Waals surface area contributed by atoms with Crippen molar-refractivity contribution in [1.82, 2.24) is 0 Å². The molecular weight excluding hydrogens is 144 g/mol. The number of fused-ring (bicyclic) bond motifs is 2. The highest BCUT2D eigenvalue weighted by Crippen LogP contribution is 2.40. The zero-order valence-corrected chi connectivity index (χ0v) is 6.85. The maximum absolute atomic E-state index is 11.3. The molecule has 2 bridgehead atoms. The molecule has 0 radical (unpaired) electrons. The average molecular weight is 156 g/mol. The minimum absolute atomic E-state index is 0.174. The molecule has 62 valence electrons. The van der Waals surface area contributed by atoms with Crippen molar-refractivity contribution in [3.63, 3.8) is 0 Å². The zero-order valence-electron chi connectivity index (χ0n) is 6.85. The van der Waals surface area contributed by atoms with E-state index in [1.807, 2.05) is 6.92 Å². The molecule has 0 spiro atoms. The second-order valence-electron chi connectivity index (χ2n) is 3.68. The van der Waals surface area contributed by atoms with Crippen molar-refractivity contribution in [3.05, 3.63) is 0 Å². The average Bonchev–Trinajstić information content (AvgIpc) is 2.20. The Balaban J connectivity index is 2.30. The summed E-state index contributed by atoms with van der Waals surface area (Å²) in [5.74, 6) is -0.310. The van der Waals surface area contributed by atoms with Crippen LogP contribution in [0.5, 0.6) is 0 Å². The summed E-state index contributed by atoms with van der Waals surface area (Å²) in [6.07, 6.45) is 1.29. The Morgan fingerprint density at radius 3 is 2.82 bits per heavy atom. The van der Waals surface area contributed by atoms with Gasteiger partial charge in [0.25, 0.3) is 0 Å². The summed E-state index contributed by atoms with van der Waals surface area (Å²) in [6.45, 7) is 4.12. The summed E-state index contributed by atoms with van der Waals surface area (Å²) < 4.78 is 10.9. The van der Waals surface area contributed by atoms with Crippen molar-refractivity contribution in [1.29, 1.82) is 0 Å². The SMILES string of the molecule is C[C@@]12CCC(=O)[C@@](C)(CO1)O2. The Kier molecular flexibility index (Phi) is 1.22. The maximum atomic E-state index is 11.3. The molecule has 2 saturated heterocycles. The molecule has 2 atom stereocenters. The highest BCUT2D eigenvalue weighted by molar-refractivity contribution is 5.88. The van der Waals surface area contributed by atoms with Crippen LogP contribution in [0, 0.1) is 0 Å². The lowest BCUT2D eigenvalue weighted by molar-refractivity contribution is -0.197. The smallest absolute Gasteiger partial charge is 0.167 e. The molecule has 0 unspecified atom stereocenters. The number of rotatable bonds is 0. The van der Waals surface area contributed by atoms with Gasteiger partial charge in [-0.05, 0) is 13.8 Å². The molecule has 2 aliphatic heterocycles. The van der Waals surface area contributed by atoms with E-state index in [-0.39, 0.29) is 5.78 Å². The summed E-state index contributed by atoms with van der Waals surface area (Å²) in [4.78, 5) is 11.3. The Morgan fingerprint density at radius 2 is 2.18 bits per heavy atom. The highest BCUT2D eigenvalue weighted by Gasteiger charge is 2.53. The molecule has 0 aromatic rings. The molecule has 0 N–H and O–H groups in total. The topological polar surface area (TPSA) is 35.5 Å². The van der Waals surface area contributed by atoms with Crippen LogP contribution >= 0.6 is 0 Å². The van der Waals surface area contributed by atoms with Gasteiger partial charge in [-0.25, -0.2) is 0 Å². The van der Waals surface area contributed by atoms with Crippen molar-refractivity contribution in [3.8, 4) is 0 Å². The van der Waals surface area contributed by atoms with E-state index >= 15 is 0 Å². The second kappa shape index (κ2) is 1.84. The fourth-order valence-electron chi connectivity index (χ4n) is 1.69. The number of Topliss-reactive ketones (excluding diaryl/α,β-unsaturated/α-hetero) is 1. The first-order chi connectivity index (χ1) is 5.04. The van der Waals surface area contributed by atoms with Crippen LogP contribution in [0.25, 0.3) is 0 Å². The molecule has 0 aromatic carbocycles. The molecule has 2 aliphatic rings. The molecule has 3 heteroatoms. The van der Waals surface area contributed by atoms with Gasteiger partial charge in [-0.15, -0.1) is 0 Å². The third-order valence-electron chi connectivity index (χ3n) is 2.49. The lowest BCUT2D eigenvalue weighted by Gasteiger charge is -2.31. The van der Waals surface area contributed by atoms with E-state index in [0.29, 0.717) is 19.4 Å². The summed E-state index contributed by atoms with van der Waals surface area (Å²) >= 11 is 0. The number of carbonyl (C=O) groups is 1. The summed E-state index contributed by atoms with van der Waals surface area (Å²) in [7, 11) is 0. The molecule has 2 rings (SSSR count). The normalized spacial score (nSPS) is 49.8. The molecule has 3 nitrogen and oxygen atoms in total. The third kappa shape index (κ3) is 0.914. The summed E-state index contributed by atoms with van der Waals surface area (Å²) in [6, 6.07) is 0. The molecule has 0 aromatic heterocycles. The molecule has 0 saturated carbocycles. The van der Waals surface area contributed by atoms with Crippen molar-refractivity contribution in [2.24, 2.45) is 0 Å². The quantitative estimate of drug-likeness (QED) is 0.522. The maximum Gasteiger partial charge on any atom is 0.167 e. The number of ketones is 1.